The fourth-order valence-corrected chi connectivity index (χ4v) is 2.42. The van der Waals surface area contributed by atoms with Crippen molar-refractivity contribution in [1.29, 1.82) is 0 Å². The van der Waals surface area contributed by atoms with Crippen LogP contribution >= 0.6 is 0 Å². The van der Waals surface area contributed by atoms with E-state index in [-0.39, 0.29) is 6.61 Å². The molecule has 1 aliphatic heterocycles. The van der Waals surface area contributed by atoms with Crippen LogP contribution in [0.2, 0.25) is 0 Å². The van der Waals surface area contributed by atoms with E-state index in [1.54, 1.807) is 0 Å². The van der Waals surface area contributed by atoms with Gasteiger partial charge in [0.05, 0.1) is 6.61 Å². The lowest BCUT2D eigenvalue weighted by Crippen LogP contribution is -2.53. The number of nitrogens with two attached hydrogens (primary N) is 1. The second kappa shape index (κ2) is 4.48. The SMILES string of the molecule is NC1(CO)CCN(c2ccnc(C3CC3)n2)CC1. The maximum absolute atomic E-state index is 9.26. The van der Waals surface area contributed by atoms with Crippen molar-refractivity contribution in [3.05, 3.63) is 18.1 Å². The van der Waals surface area contributed by atoms with Crippen LogP contribution in [0.3, 0.4) is 0 Å². The van der Waals surface area contributed by atoms with Crippen molar-refractivity contribution >= 4 is 5.82 Å². The van der Waals surface area contributed by atoms with E-state index in [0.29, 0.717) is 5.92 Å². The Kier molecular flexibility index (Phi) is 2.95. The molecule has 0 spiro atoms. The van der Waals surface area contributed by atoms with Gasteiger partial charge in [0.1, 0.15) is 11.6 Å². The Labute approximate surface area is 107 Å². The van der Waals surface area contributed by atoms with E-state index < -0.39 is 5.54 Å². The summed E-state index contributed by atoms with van der Waals surface area (Å²) < 4.78 is 0. The third-order valence-corrected chi connectivity index (χ3v) is 4.00. The molecule has 1 saturated heterocycles. The molecule has 0 amide bonds. The van der Waals surface area contributed by atoms with Gasteiger partial charge < -0.3 is 15.7 Å². The van der Waals surface area contributed by atoms with Gasteiger partial charge in [-0.3, -0.25) is 0 Å². The zero-order valence-electron chi connectivity index (χ0n) is 10.5. The molecule has 1 aromatic heterocycles. The maximum Gasteiger partial charge on any atom is 0.133 e. The minimum absolute atomic E-state index is 0.0674. The number of hydrogen-bond acceptors (Lipinski definition) is 5. The number of anilines is 1. The molecule has 2 heterocycles. The van der Waals surface area contributed by atoms with Crippen molar-refractivity contribution in [1.82, 2.24) is 9.97 Å². The number of aliphatic hydroxyl groups is 1. The second-order valence-corrected chi connectivity index (χ2v) is 5.55. The van der Waals surface area contributed by atoms with E-state index in [1.165, 1.54) is 12.8 Å². The summed E-state index contributed by atoms with van der Waals surface area (Å²) in [6.07, 6.45) is 5.92. The summed E-state index contributed by atoms with van der Waals surface area (Å²) in [6.45, 7) is 1.79. The van der Waals surface area contributed by atoms with Crippen molar-refractivity contribution < 1.29 is 5.11 Å². The Hall–Kier alpha value is -1.20. The summed E-state index contributed by atoms with van der Waals surface area (Å²) in [5.41, 5.74) is 5.68. The van der Waals surface area contributed by atoms with Gasteiger partial charge in [-0.15, -0.1) is 0 Å². The first kappa shape index (κ1) is 11.9. The van der Waals surface area contributed by atoms with Crippen molar-refractivity contribution in [2.24, 2.45) is 5.73 Å². The van der Waals surface area contributed by atoms with Gasteiger partial charge >= 0.3 is 0 Å². The molecule has 18 heavy (non-hydrogen) atoms. The molecule has 3 rings (SSSR count). The van der Waals surface area contributed by atoms with Gasteiger partial charge in [-0.1, -0.05) is 0 Å². The van der Waals surface area contributed by atoms with Crippen molar-refractivity contribution in [2.45, 2.75) is 37.1 Å². The molecule has 0 bridgehead atoms. The molecular formula is C13H20N4O. The Bertz CT molecular complexity index is 425. The highest BCUT2D eigenvalue weighted by molar-refractivity contribution is 5.39. The second-order valence-electron chi connectivity index (χ2n) is 5.55. The van der Waals surface area contributed by atoms with Gasteiger partial charge in [-0.2, -0.15) is 0 Å². The fraction of sp³-hybridized carbons (Fsp3) is 0.692. The highest BCUT2D eigenvalue weighted by Crippen LogP contribution is 2.38. The zero-order chi connectivity index (χ0) is 12.6. The molecule has 5 nitrogen and oxygen atoms in total. The van der Waals surface area contributed by atoms with Crippen LogP contribution in [0.5, 0.6) is 0 Å². The summed E-state index contributed by atoms with van der Waals surface area (Å²) in [4.78, 5) is 11.2. The molecule has 2 fully saturated rings. The summed E-state index contributed by atoms with van der Waals surface area (Å²) in [5, 5.41) is 9.26. The Balaban J connectivity index is 1.70. The monoisotopic (exact) mass is 248 g/mol. The summed E-state index contributed by atoms with van der Waals surface area (Å²) in [6, 6.07) is 1.97. The van der Waals surface area contributed by atoms with Gasteiger partial charge in [0.2, 0.25) is 0 Å². The standard InChI is InChI=1S/C13H20N4O/c14-13(9-18)4-7-17(8-5-13)11-3-6-15-12(16-11)10-1-2-10/h3,6,10,18H,1-2,4-5,7-9,14H2. The number of hydrogen-bond donors (Lipinski definition) is 2. The van der Waals surface area contributed by atoms with E-state index in [4.69, 9.17) is 5.73 Å². The van der Waals surface area contributed by atoms with Crippen LogP contribution in [0.25, 0.3) is 0 Å². The molecule has 0 radical (unpaired) electrons. The van der Waals surface area contributed by atoms with Gasteiger partial charge in [-0.25, -0.2) is 9.97 Å². The Morgan fingerprint density at radius 2 is 2.11 bits per heavy atom. The van der Waals surface area contributed by atoms with Gasteiger partial charge in [-0.05, 0) is 31.7 Å². The smallest absolute Gasteiger partial charge is 0.133 e. The van der Waals surface area contributed by atoms with Gasteiger partial charge in [0.25, 0.3) is 0 Å². The third kappa shape index (κ3) is 2.33. The van der Waals surface area contributed by atoms with Crippen molar-refractivity contribution in [3.8, 4) is 0 Å². The predicted molar refractivity (Wildman–Crippen MR) is 69.5 cm³/mol. The third-order valence-electron chi connectivity index (χ3n) is 4.00. The lowest BCUT2D eigenvalue weighted by atomic mass is 9.89. The average Bonchev–Trinajstić information content (AvgIpc) is 3.24. The van der Waals surface area contributed by atoms with Crippen LogP contribution in [-0.4, -0.2) is 40.3 Å². The number of rotatable bonds is 3. The first-order valence-electron chi connectivity index (χ1n) is 6.68. The van der Waals surface area contributed by atoms with E-state index >= 15 is 0 Å². The highest BCUT2D eigenvalue weighted by Gasteiger charge is 2.31. The molecule has 5 heteroatoms. The molecule has 3 N–H and O–H groups in total. The zero-order valence-corrected chi connectivity index (χ0v) is 10.5. The largest absolute Gasteiger partial charge is 0.394 e. The van der Waals surface area contributed by atoms with E-state index in [9.17, 15) is 5.11 Å². The number of aliphatic hydroxyl groups excluding tert-OH is 1. The molecule has 1 aromatic rings. The molecule has 0 unspecified atom stereocenters. The summed E-state index contributed by atoms with van der Waals surface area (Å²) in [7, 11) is 0. The van der Waals surface area contributed by atoms with Crippen LogP contribution in [0.1, 0.15) is 37.4 Å². The predicted octanol–water partition coefficient (Wildman–Crippen LogP) is 0.644. The van der Waals surface area contributed by atoms with E-state index in [1.807, 2.05) is 12.3 Å². The fourth-order valence-electron chi connectivity index (χ4n) is 2.42. The van der Waals surface area contributed by atoms with Crippen LogP contribution < -0.4 is 10.6 Å². The topological polar surface area (TPSA) is 75.3 Å². The van der Waals surface area contributed by atoms with Crippen molar-refractivity contribution in [2.75, 3.05) is 24.6 Å². The summed E-state index contributed by atoms with van der Waals surface area (Å²) in [5.74, 6) is 2.58. The molecule has 1 saturated carbocycles. The van der Waals surface area contributed by atoms with Crippen LogP contribution in [0, 0.1) is 0 Å². The Morgan fingerprint density at radius 3 is 2.72 bits per heavy atom. The quantitative estimate of drug-likeness (QED) is 0.821. The first-order chi connectivity index (χ1) is 8.70. The maximum atomic E-state index is 9.26. The number of piperidine rings is 1. The molecule has 0 aromatic carbocycles. The number of nitrogens with zero attached hydrogens (tertiary/aromatic N) is 3. The van der Waals surface area contributed by atoms with Crippen LogP contribution in [-0.2, 0) is 0 Å². The normalized spacial score (nSPS) is 23.1. The molecular weight excluding hydrogens is 228 g/mol. The first-order valence-corrected chi connectivity index (χ1v) is 6.68. The van der Waals surface area contributed by atoms with Crippen molar-refractivity contribution in [3.63, 3.8) is 0 Å². The average molecular weight is 248 g/mol. The molecule has 0 atom stereocenters. The molecule has 98 valence electrons. The minimum atomic E-state index is -0.400. The van der Waals surface area contributed by atoms with Crippen LogP contribution in [0.4, 0.5) is 5.82 Å². The minimum Gasteiger partial charge on any atom is -0.394 e. The summed E-state index contributed by atoms with van der Waals surface area (Å²) >= 11 is 0. The Morgan fingerprint density at radius 1 is 1.39 bits per heavy atom. The van der Waals surface area contributed by atoms with E-state index in [0.717, 1.165) is 37.6 Å². The van der Waals surface area contributed by atoms with Gasteiger partial charge in [0.15, 0.2) is 0 Å². The van der Waals surface area contributed by atoms with Gasteiger partial charge in [0, 0.05) is 30.7 Å². The molecule has 2 aliphatic rings. The van der Waals surface area contributed by atoms with Crippen LogP contribution in [0.15, 0.2) is 12.3 Å². The molecule has 1 aliphatic carbocycles. The highest BCUT2D eigenvalue weighted by atomic mass is 16.3. The lowest BCUT2D eigenvalue weighted by Gasteiger charge is -2.38. The number of aromatic nitrogens is 2. The lowest BCUT2D eigenvalue weighted by molar-refractivity contribution is 0.170. The van der Waals surface area contributed by atoms with E-state index in [2.05, 4.69) is 14.9 Å².